The number of nitrogens with zero attached hydrogens (tertiary/aromatic N) is 2. The molecule has 7 rings (SSSR count). The van der Waals surface area contributed by atoms with Crippen LogP contribution in [0.5, 0.6) is 5.75 Å². The van der Waals surface area contributed by atoms with Crippen LogP contribution in [0.3, 0.4) is 0 Å². The number of hydrogen-bond acceptors (Lipinski definition) is 3. The summed E-state index contributed by atoms with van der Waals surface area (Å²) in [5.41, 5.74) is 12.5. The summed E-state index contributed by atoms with van der Waals surface area (Å²) in [4.78, 5) is 4.51. The van der Waals surface area contributed by atoms with Crippen molar-refractivity contribution in [2.75, 3.05) is 9.80 Å². The van der Waals surface area contributed by atoms with Crippen molar-refractivity contribution in [2.24, 2.45) is 0 Å². The lowest BCUT2D eigenvalue weighted by molar-refractivity contribution is 0.475. The molecule has 0 aliphatic heterocycles. The van der Waals surface area contributed by atoms with Crippen LogP contribution in [0, 0.1) is 0 Å². The van der Waals surface area contributed by atoms with Crippen molar-refractivity contribution in [1.82, 2.24) is 0 Å². The zero-order valence-corrected chi connectivity index (χ0v) is 33.5. The van der Waals surface area contributed by atoms with Crippen LogP contribution in [0.4, 0.5) is 34.1 Å². The lowest BCUT2D eigenvalue weighted by Crippen LogP contribution is -2.17. The van der Waals surface area contributed by atoms with Gasteiger partial charge in [0.25, 0.3) is 0 Å². The van der Waals surface area contributed by atoms with Gasteiger partial charge in [-0.15, -0.1) is 0 Å². The predicted molar refractivity (Wildman–Crippen MR) is 233 cm³/mol. The smallest absolute Gasteiger partial charge is 0.119 e. The highest BCUT2D eigenvalue weighted by Crippen LogP contribution is 2.51. The molecule has 0 saturated heterocycles. The maximum absolute atomic E-state index is 11.8. The summed E-state index contributed by atoms with van der Waals surface area (Å²) in [5.74, 6) is 0.158. The third-order valence-corrected chi connectivity index (χ3v) is 10.8. The van der Waals surface area contributed by atoms with E-state index in [0.29, 0.717) is 0 Å². The summed E-state index contributed by atoms with van der Waals surface area (Å²) < 4.78 is 0.839. The Morgan fingerprint density at radius 1 is 0.407 bits per heavy atom. The number of phenols is 1. The molecule has 54 heavy (non-hydrogen) atoms. The first-order chi connectivity index (χ1) is 25.9. The molecule has 0 aliphatic carbocycles. The number of anilines is 6. The Morgan fingerprint density at radius 2 is 0.741 bits per heavy atom. The molecule has 1 N–H and O–H groups in total. The maximum Gasteiger partial charge on any atom is 0.119 e. The summed E-state index contributed by atoms with van der Waals surface area (Å²) in [6.07, 6.45) is 0. The first-order valence-electron chi connectivity index (χ1n) is 18.5. The minimum Gasteiger partial charge on any atom is -0.508 e. The van der Waals surface area contributed by atoms with Crippen molar-refractivity contribution in [3.8, 4) is 28.0 Å². The molecule has 0 atom stereocenters. The molecule has 0 fully saturated rings. The summed E-state index contributed by atoms with van der Waals surface area (Å²) in [5, 5.41) is 11.8. The molecule has 0 unspecified atom stereocenters. The van der Waals surface area contributed by atoms with E-state index in [-0.39, 0.29) is 16.6 Å². The van der Waals surface area contributed by atoms with Crippen molar-refractivity contribution in [3.05, 3.63) is 185 Å². The lowest BCUT2D eigenvalue weighted by Gasteiger charge is -2.33. The minimum absolute atomic E-state index is 0.000736. The van der Waals surface area contributed by atoms with Crippen molar-refractivity contribution in [3.63, 3.8) is 0 Å². The average Bonchev–Trinajstić information content (AvgIpc) is 3.17. The second-order valence-electron chi connectivity index (χ2n) is 15.8. The fourth-order valence-corrected chi connectivity index (χ4v) is 7.59. The van der Waals surface area contributed by atoms with Gasteiger partial charge in [-0.25, -0.2) is 0 Å². The van der Waals surface area contributed by atoms with Gasteiger partial charge in [0.05, 0.1) is 27.2 Å². The maximum atomic E-state index is 11.8. The van der Waals surface area contributed by atoms with Gasteiger partial charge in [-0.05, 0) is 85.4 Å². The normalized spacial score (nSPS) is 11.7. The number of phenolic OH excluding ortho intramolecular Hbond substituents is 1. The highest BCUT2D eigenvalue weighted by molar-refractivity contribution is 9.10. The third-order valence-electron chi connectivity index (χ3n) is 9.94. The monoisotopic (exact) mass is 770 g/mol. The van der Waals surface area contributed by atoms with Crippen LogP contribution in [0.1, 0.15) is 52.7 Å². The molecule has 0 radical (unpaired) electrons. The summed E-state index contributed by atoms with van der Waals surface area (Å²) in [6.45, 7) is 13.4. The van der Waals surface area contributed by atoms with Crippen LogP contribution in [-0.2, 0) is 10.8 Å². The molecular formula is C50H47BrN2O. The molecule has 0 amide bonds. The molecule has 4 heteroatoms. The fraction of sp³-hybridized carbons (Fsp3) is 0.160. The van der Waals surface area contributed by atoms with E-state index in [0.717, 1.165) is 60.9 Å². The van der Waals surface area contributed by atoms with E-state index in [1.807, 2.05) is 24.3 Å². The van der Waals surface area contributed by atoms with E-state index in [2.05, 4.69) is 213 Å². The topological polar surface area (TPSA) is 26.7 Å². The molecular weight excluding hydrogens is 724 g/mol. The summed E-state index contributed by atoms with van der Waals surface area (Å²) in [6, 6.07) is 59.2. The molecule has 0 saturated carbocycles. The second-order valence-corrected chi connectivity index (χ2v) is 16.6. The van der Waals surface area contributed by atoms with Crippen molar-refractivity contribution >= 4 is 50.1 Å². The van der Waals surface area contributed by atoms with Gasteiger partial charge in [-0.3, -0.25) is 0 Å². The van der Waals surface area contributed by atoms with Crippen LogP contribution in [-0.4, -0.2) is 5.11 Å². The molecule has 3 nitrogen and oxygen atoms in total. The van der Waals surface area contributed by atoms with Gasteiger partial charge in [0, 0.05) is 34.6 Å². The zero-order valence-electron chi connectivity index (χ0n) is 31.9. The van der Waals surface area contributed by atoms with Crippen molar-refractivity contribution in [2.45, 2.75) is 52.4 Å². The van der Waals surface area contributed by atoms with Crippen molar-refractivity contribution in [1.29, 1.82) is 0 Å². The standard InChI is InChI=1S/C50H47BrN2O/c1-49(2,3)37-25-29-39(30-26-37)52(44-23-15-13-21-42(44)35-17-9-7-10-18-35)46-33-41(54)34-47(48(46)51)53(40-31-27-38(28-32-40)50(4,5)6)45-24-16-14-22-43(45)36-19-11-8-12-20-36/h7-34,54H,1-6H3. The predicted octanol–water partition coefficient (Wildman–Crippen LogP) is 15.0. The highest BCUT2D eigenvalue weighted by atomic mass is 79.9. The van der Waals surface area contributed by atoms with E-state index >= 15 is 0 Å². The molecule has 270 valence electrons. The summed E-state index contributed by atoms with van der Waals surface area (Å²) >= 11 is 4.17. The molecule has 0 aromatic heterocycles. The number of halogens is 1. The first-order valence-corrected chi connectivity index (χ1v) is 19.3. The number of benzene rings is 7. The Kier molecular flexibility index (Phi) is 10.2. The molecule has 7 aromatic carbocycles. The fourth-order valence-electron chi connectivity index (χ4n) is 7.00. The Morgan fingerprint density at radius 3 is 1.09 bits per heavy atom. The Hall–Kier alpha value is -5.58. The van der Waals surface area contributed by atoms with Gasteiger partial charge < -0.3 is 14.9 Å². The SMILES string of the molecule is CC(C)(C)c1ccc(N(c2ccccc2-c2ccccc2)c2cc(O)cc(N(c3ccc(C(C)(C)C)cc3)c3ccccc3-c3ccccc3)c2Br)cc1. The van der Waals surface area contributed by atoms with E-state index < -0.39 is 0 Å². The minimum atomic E-state index is -0.000736. The molecule has 0 aliphatic rings. The second kappa shape index (κ2) is 15.0. The Labute approximate surface area is 329 Å². The van der Waals surface area contributed by atoms with Gasteiger partial charge >= 0.3 is 0 Å². The van der Waals surface area contributed by atoms with Gasteiger partial charge in [0.2, 0.25) is 0 Å². The first kappa shape index (κ1) is 36.8. The van der Waals surface area contributed by atoms with Gasteiger partial charge in [0.1, 0.15) is 5.75 Å². The number of rotatable bonds is 8. The van der Waals surface area contributed by atoms with Crippen LogP contribution in [0.15, 0.2) is 174 Å². The number of hydrogen-bond donors (Lipinski definition) is 1. The van der Waals surface area contributed by atoms with Crippen molar-refractivity contribution < 1.29 is 5.11 Å². The van der Waals surface area contributed by atoms with E-state index in [4.69, 9.17) is 0 Å². The molecule has 7 aromatic rings. The zero-order chi connectivity index (χ0) is 38.0. The van der Waals surface area contributed by atoms with Crippen LogP contribution < -0.4 is 9.80 Å². The number of para-hydroxylation sites is 2. The average molecular weight is 772 g/mol. The van der Waals surface area contributed by atoms with Crippen LogP contribution in [0.2, 0.25) is 0 Å². The molecule has 0 spiro atoms. The van der Waals surface area contributed by atoms with Gasteiger partial charge in [-0.1, -0.05) is 163 Å². The van der Waals surface area contributed by atoms with E-state index in [1.165, 1.54) is 11.1 Å². The Balaban J connectivity index is 1.50. The van der Waals surface area contributed by atoms with E-state index in [9.17, 15) is 5.11 Å². The van der Waals surface area contributed by atoms with Crippen LogP contribution in [0.25, 0.3) is 22.3 Å². The number of aromatic hydroxyl groups is 1. The highest BCUT2D eigenvalue weighted by Gasteiger charge is 2.27. The lowest BCUT2D eigenvalue weighted by atomic mass is 9.87. The Bertz CT molecular complexity index is 2190. The van der Waals surface area contributed by atoms with Gasteiger partial charge in [0.15, 0.2) is 0 Å². The molecule has 0 bridgehead atoms. The quantitative estimate of drug-likeness (QED) is 0.167. The van der Waals surface area contributed by atoms with Gasteiger partial charge in [-0.2, -0.15) is 0 Å². The van der Waals surface area contributed by atoms with E-state index in [1.54, 1.807) is 0 Å². The third kappa shape index (κ3) is 7.58. The summed E-state index contributed by atoms with van der Waals surface area (Å²) in [7, 11) is 0. The largest absolute Gasteiger partial charge is 0.508 e. The van der Waals surface area contributed by atoms with Crippen LogP contribution >= 0.6 is 15.9 Å². The molecule has 0 heterocycles.